The Labute approximate surface area is 440 Å². The van der Waals surface area contributed by atoms with E-state index < -0.39 is 58.4 Å². The Balaban J connectivity index is 0.000000155. The number of nitrogens with one attached hydrogen (secondary N) is 5. The highest BCUT2D eigenvalue weighted by Gasteiger charge is 2.25. The summed E-state index contributed by atoms with van der Waals surface area (Å²) >= 11 is 0. The number of halogens is 6. The number of anilines is 6. The van der Waals surface area contributed by atoms with Gasteiger partial charge in [0.1, 0.15) is 0 Å². The van der Waals surface area contributed by atoms with Crippen LogP contribution in [0.2, 0.25) is 0 Å². The van der Waals surface area contributed by atoms with E-state index in [2.05, 4.69) is 36.4 Å². The molecule has 1 aliphatic rings. The Morgan fingerprint density at radius 2 is 0.897 bits per heavy atom. The van der Waals surface area contributed by atoms with E-state index >= 15 is 0 Å². The normalized spacial score (nSPS) is 11.6. The van der Waals surface area contributed by atoms with Crippen LogP contribution >= 0.6 is 0 Å². The lowest BCUT2D eigenvalue weighted by Gasteiger charge is -2.16. The standard InChI is InChI=1S/C21H20F2N4O2.C17H14F2N4O2.C17H13F2N3O2/c1-13-10-15(27-9-8-24-12-27)4-7-18(13)25-20-16(5-6-17(22)19(20)23)21(28)26-29-11-14-2-3-14;1-10-8-11(23-7-6-20-9-23)2-5-14(10)21-16-12(17(24)22-25)3-4-13(18)15(16)19;1-10-8-11(22-7-6-20-9-22)2-5-14(10)21-16-12(17(23)24)3-4-13(18)15(16)19/h4-10,12,14,25H,2-3,11H2,1H3,(H,26,28);2-9,21,25H,1H3,(H,22,24);2-9,21H,1H3,(H,23,24). The molecule has 7 N–H and O–H groups in total. The highest BCUT2D eigenvalue weighted by atomic mass is 19.2. The number of benzene rings is 6. The number of carboxylic acid groups (broad SMARTS) is 1. The smallest absolute Gasteiger partial charge is 0.337 e. The quantitative estimate of drug-likeness (QED) is 0.0290. The van der Waals surface area contributed by atoms with Gasteiger partial charge in [-0.15, -0.1) is 0 Å². The summed E-state index contributed by atoms with van der Waals surface area (Å²) in [4.78, 5) is 52.5. The molecule has 0 atom stereocenters. The van der Waals surface area contributed by atoms with Gasteiger partial charge in [0.2, 0.25) is 0 Å². The molecule has 1 saturated carbocycles. The van der Waals surface area contributed by atoms with Crippen molar-refractivity contribution in [3.05, 3.63) is 215 Å². The van der Waals surface area contributed by atoms with Gasteiger partial charge >= 0.3 is 5.97 Å². The molecule has 3 heterocycles. The predicted molar refractivity (Wildman–Crippen MR) is 276 cm³/mol. The number of imidazole rings is 3. The number of aromatic nitrogens is 6. The Morgan fingerprint density at radius 1 is 0.538 bits per heavy atom. The number of nitrogens with zero attached hydrogens (tertiary/aromatic N) is 6. The van der Waals surface area contributed by atoms with Gasteiger partial charge in [0.15, 0.2) is 34.9 Å². The van der Waals surface area contributed by atoms with E-state index in [9.17, 15) is 40.7 Å². The number of carbonyl (C=O) groups is 3. The molecule has 0 saturated heterocycles. The number of carboxylic acids is 1. The molecular formula is C55H47F6N11O6. The monoisotopic (exact) mass is 1070 g/mol. The summed E-state index contributed by atoms with van der Waals surface area (Å²) in [7, 11) is 0. The van der Waals surface area contributed by atoms with Crippen molar-refractivity contribution in [1.82, 2.24) is 39.6 Å². The molecular weight excluding hydrogens is 1020 g/mol. The minimum atomic E-state index is -1.34. The van der Waals surface area contributed by atoms with Crippen molar-refractivity contribution in [2.24, 2.45) is 5.92 Å². The Morgan fingerprint density at radius 3 is 1.22 bits per heavy atom. The summed E-state index contributed by atoms with van der Waals surface area (Å²) in [5.41, 5.74) is 8.45. The fraction of sp³-hybridized carbons (Fsp3) is 0.127. The fourth-order valence-electron chi connectivity index (χ4n) is 7.69. The zero-order valence-corrected chi connectivity index (χ0v) is 41.5. The van der Waals surface area contributed by atoms with Gasteiger partial charge in [-0.05, 0) is 147 Å². The highest BCUT2D eigenvalue weighted by molar-refractivity contribution is 6.01. The Hall–Kier alpha value is -9.74. The third-order valence-corrected chi connectivity index (χ3v) is 12.1. The molecule has 6 aromatic carbocycles. The van der Waals surface area contributed by atoms with E-state index in [0.29, 0.717) is 29.6 Å². The molecule has 400 valence electrons. The van der Waals surface area contributed by atoms with Gasteiger partial charge in [-0.2, -0.15) is 0 Å². The Bertz CT molecular complexity index is 3620. The zero-order valence-electron chi connectivity index (χ0n) is 41.5. The lowest BCUT2D eigenvalue weighted by molar-refractivity contribution is 0.0270. The summed E-state index contributed by atoms with van der Waals surface area (Å²) in [5.74, 6) is -9.31. The van der Waals surface area contributed by atoms with Crippen molar-refractivity contribution in [2.75, 3.05) is 22.6 Å². The maximum atomic E-state index is 14.5. The number of hydrogen-bond acceptors (Lipinski definition) is 11. The summed E-state index contributed by atoms with van der Waals surface area (Å²) in [6.45, 7) is 5.80. The molecule has 17 nitrogen and oxygen atoms in total. The molecule has 78 heavy (non-hydrogen) atoms. The Kier molecular flexibility index (Phi) is 17.0. The van der Waals surface area contributed by atoms with Crippen LogP contribution < -0.4 is 26.9 Å². The van der Waals surface area contributed by atoms with Crippen molar-refractivity contribution in [3.8, 4) is 17.1 Å². The van der Waals surface area contributed by atoms with Crippen molar-refractivity contribution < 1.29 is 55.9 Å². The largest absolute Gasteiger partial charge is 0.478 e. The minimum Gasteiger partial charge on any atom is -0.478 e. The molecule has 0 aliphatic heterocycles. The van der Waals surface area contributed by atoms with E-state index in [-0.39, 0.29) is 28.1 Å². The van der Waals surface area contributed by atoms with Crippen LogP contribution in [0.1, 0.15) is 60.6 Å². The van der Waals surface area contributed by atoms with Gasteiger partial charge in [-0.3, -0.25) is 19.6 Å². The van der Waals surface area contributed by atoms with E-state index in [1.54, 1.807) is 109 Å². The summed E-state index contributed by atoms with van der Waals surface area (Å²) in [6.07, 6.45) is 17.4. The minimum absolute atomic E-state index is 0.0437. The molecule has 2 amide bonds. The van der Waals surface area contributed by atoms with Crippen molar-refractivity contribution >= 4 is 51.9 Å². The maximum absolute atomic E-state index is 14.5. The number of hydroxylamine groups is 2. The van der Waals surface area contributed by atoms with Gasteiger partial charge in [-0.25, -0.2) is 57.0 Å². The molecule has 10 rings (SSSR count). The molecule has 23 heteroatoms. The van der Waals surface area contributed by atoms with Crippen molar-refractivity contribution in [1.29, 1.82) is 0 Å². The van der Waals surface area contributed by atoms with Crippen LogP contribution in [-0.4, -0.2) is 63.4 Å². The molecule has 0 radical (unpaired) electrons. The number of aryl methyl sites for hydroxylation is 3. The SMILES string of the molecule is Cc1cc(-n2ccnc2)ccc1Nc1c(C(=O)NO)ccc(F)c1F.Cc1cc(-n2ccnc2)ccc1Nc1c(C(=O)NOCC2CC2)ccc(F)c1F.Cc1cc(-n2ccnc2)ccc1Nc1c(C(=O)O)ccc(F)c1F. The first-order chi connectivity index (χ1) is 37.5. The van der Waals surface area contributed by atoms with Gasteiger partial charge in [-0.1, -0.05) is 0 Å². The van der Waals surface area contributed by atoms with Gasteiger partial charge in [0.25, 0.3) is 11.8 Å². The van der Waals surface area contributed by atoms with Crippen LogP contribution in [0.5, 0.6) is 0 Å². The average Bonchev–Trinajstić information content (AvgIpc) is 3.87. The maximum Gasteiger partial charge on any atom is 0.337 e. The van der Waals surface area contributed by atoms with Crippen molar-refractivity contribution in [2.45, 2.75) is 33.6 Å². The number of hydrogen-bond donors (Lipinski definition) is 7. The third kappa shape index (κ3) is 12.8. The van der Waals surface area contributed by atoms with Crippen molar-refractivity contribution in [3.63, 3.8) is 0 Å². The number of rotatable bonds is 15. The number of amides is 2. The summed E-state index contributed by atoms with van der Waals surface area (Å²) in [6, 6.07) is 21.8. The fourth-order valence-corrected chi connectivity index (χ4v) is 7.69. The first kappa shape index (κ1) is 54.5. The zero-order chi connectivity index (χ0) is 55.6. The second-order valence-corrected chi connectivity index (χ2v) is 17.6. The summed E-state index contributed by atoms with van der Waals surface area (Å²) < 4.78 is 89.0. The third-order valence-electron chi connectivity index (χ3n) is 12.1. The number of aromatic carboxylic acids is 1. The van der Waals surface area contributed by atoms with Crippen LogP contribution in [0.15, 0.2) is 147 Å². The molecule has 1 fully saturated rings. The first-order valence-electron chi connectivity index (χ1n) is 23.6. The molecule has 0 unspecified atom stereocenters. The van der Waals surface area contributed by atoms with E-state index in [1.807, 2.05) is 35.8 Å². The lowest BCUT2D eigenvalue weighted by atomic mass is 10.1. The van der Waals surface area contributed by atoms with Crippen LogP contribution in [0.4, 0.5) is 60.5 Å². The van der Waals surface area contributed by atoms with Crippen LogP contribution in [0.3, 0.4) is 0 Å². The average molecular weight is 1070 g/mol. The molecule has 9 aromatic rings. The predicted octanol–water partition coefficient (Wildman–Crippen LogP) is 11.5. The van der Waals surface area contributed by atoms with E-state index in [0.717, 1.165) is 76.9 Å². The summed E-state index contributed by atoms with van der Waals surface area (Å²) in [5, 5.41) is 26.2. The second-order valence-electron chi connectivity index (χ2n) is 17.6. The number of carbonyl (C=O) groups excluding carboxylic acids is 2. The molecule has 3 aromatic heterocycles. The van der Waals surface area contributed by atoms with Crippen LogP contribution in [0, 0.1) is 61.6 Å². The van der Waals surface area contributed by atoms with Gasteiger partial charge < -0.3 is 34.8 Å². The van der Waals surface area contributed by atoms with E-state index in [4.69, 9.17) is 15.2 Å². The van der Waals surface area contributed by atoms with Crippen LogP contribution in [-0.2, 0) is 4.84 Å². The second kappa shape index (κ2) is 24.3. The molecule has 1 aliphatic carbocycles. The highest BCUT2D eigenvalue weighted by Crippen LogP contribution is 2.33. The van der Waals surface area contributed by atoms with Gasteiger partial charge in [0, 0.05) is 71.3 Å². The molecule has 0 spiro atoms. The first-order valence-corrected chi connectivity index (χ1v) is 23.6. The topological polar surface area (TPSA) is 215 Å². The molecule has 0 bridgehead atoms. The van der Waals surface area contributed by atoms with Gasteiger partial charge in [0.05, 0.1) is 59.3 Å². The van der Waals surface area contributed by atoms with Crippen LogP contribution in [0.25, 0.3) is 17.1 Å². The lowest BCUT2D eigenvalue weighted by Crippen LogP contribution is -2.26. The van der Waals surface area contributed by atoms with E-state index in [1.165, 1.54) is 11.5 Å².